The Morgan fingerprint density at radius 2 is 1.96 bits per heavy atom. The summed E-state index contributed by atoms with van der Waals surface area (Å²) in [7, 11) is -3.97. The number of aromatic nitrogens is 1. The number of rotatable bonds is 4. The molecule has 0 aliphatic carbocycles. The van der Waals surface area contributed by atoms with Crippen LogP contribution in [0.15, 0.2) is 47.5 Å². The van der Waals surface area contributed by atoms with Gasteiger partial charge in [0.15, 0.2) is 11.5 Å². The van der Waals surface area contributed by atoms with Crippen LogP contribution in [0.1, 0.15) is 0 Å². The van der Waals surface area contributed by atoms with Gasteiger partial charge in [0, 0.05) is 6.20 Å². The number of sulfonamides is 1. The number of hydrazine groups is 1. The molecule has 0 bridgehead atoms. The Kier molecular flexibility index (Phi) is 4.56. The summed E-state index contributed by atoms with van der Waals surface area (Å²) in [6.07, 6.45) is 0.0961. The number of amides is 1. The Balaban J connectivity index is 1.63. The molecule has 24 heavy (non-hydrogen) atoms. The van der Waals surface area contributed by atoms with Crippen LogP contribution in [0, 0.1) is 0 Å². The van der Waals surface area contributed by atoms with Crippen LogP contribution in [-0.2, 0) is 14.8 Å². The number of para-hydroxylation sites is 2. The van der Waals surface area contributed by atoms with E-state index in [4.69, 9.17) is 21.1 Å². The highest BCUT2D eigenvalue weighted by molar-refractivity contribution is 7.89. The summed E-state index contributed by atoms with van der Waals surface area (Å²) < 4.78 is 35.0. The van der Waals surface area contributed by atoms with Crippen LogP contribution in [0.4, 0.5) is 0 Å². The van der Waals surface area contributed by atoms with E-state index in [0.29, 0.717) is 11.5 Å². The summed E-state index contributed by atoms with van der Waals surface area (Å²) in [5.41, 5.74) is 2.09. The first kappa shape index (κ1) is 16.5. The van der Waals surface area contributed by atoms with Crippen LogP contribution < -0.4 is 19.7 Å². The highest BCUT2D eigenvalue weighted by atomic mass is 35.5. The maximum absolute atomic E-state index is 12.1. The molecule has 10 heteroatoms. The normalized spacial score (nSPS) is 16.5. The van der Waals surface area contributed by atoms with Crippen LogP contribution >= 0.6 is 11.6 Å². The minimum Gasteiger partial charge on any atom is -0.485 e. The van der Waals surface area contributed by atoms with E-state index in [-0.39, 0.29) is 16.7 Å². The largest absolute Gasteiger partial charge is 0.485 e. The van der Waals surface area contributed by atoms with Crippen molar-refractivity contribution in [2.75, 3.05) is 6.61 Å². The maximum Gasteiger partial charge on any atom is 0.279 e. The fraction of sp³-hybridized carbons (Fsp3) is 0.143. The van der Waals surface area contributed by atoms with Gasteiger partial charge < -0.3 is 9.47 Å². The molecule has 1 aromatic heterocycles. The second-order valence-electron chi connectivity index (χ2n) is 4.78. The third-order valence-electron chi connectivity index (χ3n) is 3.12. The number of hydrogen-bond acceptors (Lipinski definition) is 6. The van der Waals surface area contributed by atoms with Gasteiger partial charge in [0.1, 0.15) is 16.7 Å². The lowest BCUT2D eigenvalue weighted by Crippen LogP contribution is -2.50. The first-order valence-corrected chi connectivity index (χ1v) is 8.63. The SMILES string of the molecule is O=C(NNS(=O)(=O)c1ccc(Cl)nc1)[C@@H]1COc2ccccc2O1. The Morgan fingerprint density at radius 3 is 2.67 bits per heavy atom. The van der Waals surface area contributed by atoms with Crippen LogP contribution in [0.25, 0.3) is 0 Å². The van der Waals surface area contributed by atoms with Crippen molar-refractivity contribution in [2.24, 2.45) is 0 Å². The lowest BCUT2D eigenvalue weighted by Gasteiger charge is -2.25. The minimum atomic E-state index is -3.97. The number of benzene rings is 1. The van der Waals surface area contributed by atoms with Gasteiger partial charge in [-0.3, -0.25) is 10.2 Å². The van der Waals surface area contributed by atoms with Gasteiger partial charge in [-0.1, -0.05) is 23.7 Å². The van der Waals surface area contributed by atoms with Crippen molar-refractivity contribution in [3.05, 3.63) is 47.7 Å². The van der Waals surface area contributed by atoms with Crippen LogP contribution in [0.2, 0.25) is 5.15 Å². The van der Waals surface area contributed by atoms with Crippen molar-refractivity contribution in [3.63, 3.8) is 0 Å². The summed E-state index contributed by atoms with van der Waals surface area (Å²) in [5.74, 6) is 0.248. The molecule has 8 nitrogen and oxygen atoms in total. The predicted octanol–water partition coefficient (Wildman–Crippen LogP) is 0.884. The molecular formula is C14H12ClN3O5S. The topological polar surface area (TPSA) is 107 Å². The third kappa shape index (κ3) is 3.58. The number of hydrogen-bond donors (Lipinski definition) is 2. The van der Waals surface area contributed by atoms with Crippen molar-refractivity contribution < 1.29 is 22.7 Å². The lowest BCUT2D eigenvalue weighted by atomic mass is 10.2. The van der Waals surface area contributed by atoms with Crippen molar-refractivity contribution >= 4 is 27.5 Å². The first-order chi connectivity index (χ1) is 11.5. The molecule has 2 aromatic rings. The summed E-state index contributed by atoms with van der Waals surface area (Å²) in [5, 5.41) is 0.157. The second kappa shape index (κ2) is 6.63. The van der Waals surface area contributed by atoms with Crippen LogP contribution in [0.5, 0.6) is 11.5 Å². The zero-order chi connectivity index (χ0) is 17.2. The molecule has 3 rings (SSSR count). The summed E-state index contributed by atoms with van der Waals surface area (Å²) in [4.78, 5) is 17.6. The number of pyridine rings is 1. The highest BCUT2D eigenvalue weighted by Crippen LogP contribution is 2.30. The summed E-state index contributed by atoms with van der Waals surface area (Å²) in [6.45, 7) is -0.0346. The first-order valence-electron chi connectivity index (χ1n) is 6.77. The Labute approximate surface area is 142 Å². The quantitative estimate of drug-likeness (QED) is 0.612. The van der Waals surface area contributed by atoms with Crippen molar-refractivity contribution in [3.8, 4) is 11.5 Å². The molecule has 2 N–H and O–H groups in total. The number of nitrogens with one attached hydrogen (secondary N) is 2. The molecule has 1 aliphatic heterocycles. The Bertz CT molecular complexity index is 857. The van der Waals surface area contributed by atoms with Gasteiger partial charge in [-0.2, -0.15) is 0 Å². The van der Waals surface area contributed by atoms with Crippen molar-refractivity contribution in [1.82, 2.24) is 15.2 Å². The average molecular weight is 370 g/mol. The van der Waals surface area contributed by atoms with Gasteiger partial charge in [-0.25, -0.2) is 13.4 Å². The number of nitrogens with zero attached hydrogens (tertiary/aromatic N) is 1. The molecule has 2 heterocycles. The van der Waals surface area contributed by atoms with E-state index < -0.39 is 22.0 Å². The van der Waals surface area contributed by atoms with E-state index in [1.165, 1.54) is 12.1 Å². The Hall–Kier alpha value is -2.36. The minimum absolute atomic E-state index is 0.0346. The number of halogens is 1. The van der Waals surface area contributed by atoms with E-state index in [2.05, 4.69) is 10.4 Å². The van der Waals surface area contributed by atoms with Gasteiger partial charge in [-0.05, 0) is 24.3 Å². The molecular weight excluding hydrogens is 358 g/mol. The number of carbonyl (C=O) groups is 1. The van der Waals surface area contributed by atoms with E-state index in [1.54, 1.807) is 24.3 Å². The molecule has 0 saturated carbocycles. The van der Waals surface area contributed by atoms with Gasteiger partial charge in [0.05, 0.1) is 0 Å². The number of carbonyl (C=O) groups excluding carboxylic acids is 1. The van der Waals surface area contributed by atoms with Gasteiger partial charge in [-0.15, -0.1) is 4.83 Å². The lowest BCUT2D eigenvalue weighted by molar-refractivity contribution is -0.130. The zero-order valence-electron chi connectivity index (χ0n) is 12.1. The zero-order valence-corrected chi connectivity index (χ0v) is 13.7. The average Bonchev–Trinajstić information content (AvgIpc) is 2.59. The molecule has 0 unspecified atom stereocenters. The number of fused-ring (bicyclic) bond motifs is 1. The predicted molar refractivity (Wildman–Crippen MR) is 84.1 cm³/mol. The molecule has 0 fully saturated rings. The van der Waals surface area contributed by atoms with Gasteiger partial charge in [0.25, 0.3) is 15.9 Å². The molecule has 1 atom stereocenters. The summed E-state index contributed by atoms with van der Waals surface area (Å²) in [6, 6.07) is 9.46. The van der Waals surface area contributed by atoms with Crippen molar-refractivity contribution in [1.29, 1.82) is 0 Å². The molecule has 1 aliphatic rings. The molecule has 1 amide bonds. The maximum atomic E-state index is 12.1. The second-order valence-corrected chi connectivity index (χ2v) is 6.85. The highest BCUT2D eigenvalue weighted by Gasteiger charge is 2.28. The van der Waals surface area contributed by atoms with Crippen LogP contribution in [-0.4, -0.2) is 32.0 Å². The number of ether oxygens (including phenoxy) is 2. The molecule has 1 aromatic carbocycles. The monoisotopic (exact) mass is 369 g/mol. The smallest absolute Gasteiger partial charge is 0.279 e. The Morgan fingerprint density at radius 1 is 1.21 bits per heavy atom. The standard InChI is InChI=1S/C14H12ClN3O5S/c15-13-6-5-9(7-16-13)24(20,21)18-17-14(19)12-8-22-10-3-1-2-4-11(10)23-12/h1-7,12,18H,8H2,(H,17,19)/t12-/m0/s1. The fourth-order valence-electron chi connectivity index (χ4n) is 1.93. The molecule has 0 spiro atoms. The molecule has 126 valence electrons. The molecule has 0 saturated heterocycles. The van der Waals surface area contributed by atoms with E-state index in [9.17, 15) is 13.2 Å². The third-order valence-corrected chi connectivity index (χ3v) is 4.58. The van der Waals surface area contributed by atoms with Crippen molar-refractivity contribution in [2.45, 2.75) is 11.0 Å². The fourth-order valence-corrected chi connectivity index (χ4v) is 2.83. The van der Waals surface area contributed by atoms with Crippen LogP contribution in [0.3, 0.4) is 0 Å². The van der Waals surface area contributed by atoms with E-state index >= 15 is 0 Å². The van der Waals surface area contributed by atoms with E-state index in [0.717, 1.165) is 6.20 Å². The van der Waals surface area contributed by atoms with Gasteiger partial charge >= 0.3 is 0 Å². The van der Waals surface area contributed by atoms with E-state index in [1.807, 2.05) is 4.83 Å². The molecule has 0 radical (unpaired) electrons. The summed E-state index contributed by atoms with van der Waals surface area (Å²) >= 11 is 5.61. The van der Waals surface area contributed by atoms with Gasteiger partial charge in [0.2, 0.25) is 6.10 Å².